The molecule has 0 bridgehead atoms. The molecular weight excluding hydrogens is 288 g/mol. The number of anilines is 3. The van der Waals surface area contributed by atoms with Crippen LogP contribution in [0.4, 0.5) is 17.8 Å². The van der Waals surface area contributed by atoms with Gasteiger partial charge in [-0.2, -0.15) is 15.0 Å². The highest BCUT2D eigenvalue weighted by molar-refractivity contribution is 7.84. The quantitative estimate of drug-likeness (QED) is 0.809. The fourth-order valence-corrected chi connectivity index (χ4v) is 2.70. The summed E-state index contributed by atoms with van der Waals surface area (Å²) >= 11 is 0. The van der Waals surface area contributed by atoms with Crippen LogP contribution in [0.5, 0.6) is 0 Å². The van der Waals surface area contributed by atoms with Crippen LogP contribution in [0.3, 0.4) is 0 Å². The van der Waals surface area contributed by atoms with Crippen molar-refractivity contribution < 1.29 is 4.21 Å². The van der Waals surface area contributed by atoms with Gasteiger partial charge in [-0.25, -0.2) is 0 Å². The van der Waals surface area contributed by atoms with E-state index in [4.69, 9.17) is 5.73 Å². The van der Waals surface area contributed by atoms with E-state index in [2.05, 4.69) is 25.2 Å². The van der Waals surface area contributed by atoms with Gasteiger partial charge in [0, 0.05) is 41.9 Å². The monoisotopic (exact) mass is 312 g/mol. The standard InChI is InChI=1S/C13H24N6OS/c1-10(21(2)20)6-7-15-12-16-11(14)17-13(18-12)19-8-4-3-5-9-19/h10H,3-9H2,1-2H3,(H3,14,15,16,17,18). The van der Waals surface area contributed by atoms with E-state index in [0.717, 1.165) is 32.4 Å². The van der Waals surface area contributed by atoms with Crippen molar-refractivity contribution in [2.24, 2.45) is 0 Å². The van der Waals surface area contributed by atoms with Crippen molar-refractivity contribution in [2.45, 2.75) is 37.9 Å². The molecule has 1 aliphatic rings. The molecule has 2 heterocycles. The van der Waals surface area contributed by atoms with Gasteiger partial charge >= 0.3 is 0 Å². The molecule has 1 aromatic rings. The molecule has 3 N–H and O–H groups in total. The minimum atomic E-state index is -0.807. The molecule has 8 heteroatoms. The molecular formula is C13H24N6OS. The smallest absolute Gasteiger partial charge is 0.231 e. The topological polar surface area (TPSA) is 97.0 Å². The number of aromatic nitrogens is 3. The Kier molecular flexibility index (Phi) is 5.72. The molecule has 0 saturated carbocycles. The van der Waals surface area contributed by atoms with E-state index in [-0.39, 0.29) is 11.2 Å². The summed E-state index contributed by atoms with van der Waals surface area (Å²) in [6.07, 6.45) is 6.10. The van der Waals surface area contributed by atoms with Crippen molar-refractivity contribution in [1.29, 1.82) is 0 Å². The molecule has 0 radical (unpaired) electrons. The van der Waals surface area contributed by atoms with Gasteiger partial charge in [-0.05, 0) is 25.7 Å². The Morgan fingerprint density at radius 1 is 1.29 bits per heavy atom. The van der Waals surface area contributed by atoms with E-state index in [0.29, 0.717) is 18.4 Å². The SMILES string of the molecule is CC(CCNc1nc(N)nc(N2CCCCC2)n1)S(C)=O. The molecule has 0 aliphatic carbocycles. The van der Waals surface area contributed by atoms with Crippen LogP contribution in [-0.2, 0) is 10.8 Å². The van der Waals surface area contributed by atoms with E-state index in [1.165, 1.54) is 6.42 Å². The van der Waals surface area contributed by atoms with E-state index in [1.807, 2.05) is 6.92 Å². The second kappa shape index (κ2) is 7.53. The lowest BCUT2D eigenvalue weighted by Crippen LogP contribution is -2.31. The molecule has 2 unspecified atom stereocenters. The molecule has 2 atom stereocenters. The molecule has 1 aliphatic heterocycles. The van der Waals surface area contributed by atoms with Crippen LogP contribution in [-0.4, -0.2) is 50.3 Å². The van der Waals surface area contributed by atoms with Crippen molar-refractivity contribution in [1.82, 2.24) is 15.0 Å². The molecule has 21 heavy (non-hydrogen) atoms. The van der Waals surface area contributed by atoms with Crippen LogP contribution in [0, 0.1) is 0 Å². The van der Waals surface area contributed by atoms with Crippen LogP contribution in [0.25, 0.3) is 0 Å². The van der Waals surface area contributed by atoms with Gasteiger partial charge in [0.15, 0.2) is 0 Å². The lowest BCUT2D eigenvalue weighted by molar-refractivity contribution is 0.568. The summed E-state index contributed by atoms with van der Waals surface area (Å²) in [5, 5.41) is 3.30. The summed E-state index contributed by atoms with van der Waals surface area (Å²) in [6, 6.07) is 0. The van der Waals surface area contributed by atoms with Crippen LogP contribution in [0.15, 0.2) is 0 Å². The van der Waals surface area contributed by atoms with E-state index >= 15 is 0 Å². The minimum absolute atomic E-state index is 0.151. The van der Waals surface area contributed by atoms with Crippen molar-refractivity contribution in [2.75, 3.05) is 41.8 Å². The first-order valence-electron chi connectivity index (χ1n) is 7.39. The molecule has 2 rings (SSSR count). The van der Waals surface area contributed by atoms with Crippen LogP contribution in [0.1, 0.15) is 32.6 Å². The van der Waals surface area contributed by atoms with Gasteiger partial charge in [0.05, 0.1) is 0 Å². The Hall–Kier alpha value is -1.44. The van der Waals surface area contributed by atoms with E-state index in [1.54, 1.807) is 6.26 Å². The van der Waals surface area contributed by atoms with Crippen molar-refractivity contribution in [3.8, 4) is 0 Å². The zero-order valence-electron chi connectivity index (χ0n) is 12.7. The maximum Gasteiger partial charge on any atom is 0.231 e. The third-order valence-corrected chi connectivity index (χ3v) is 5.05. The van der Waals surface area contributed by atoms with E-state index < -0.39 is 10.8 Å². The molecule has 1 fully saturated rings. The van der Waals surface area contributed by atoms with Gasteiger partial charge in [-0.1, -0.05) is 6.92 Å². The number of nitrogens with zero attached hydrogens (tertiary/aromatic N) is 4. The van der Waals surface area contributed by atoms with Crippen LogP contribution >= 0.6 is 0 Å². The molecule has 1 saturated heterocycles. The highest BCUT2D eigenvalue weighted by atomic mass is 32.2. The molecule has 0 amide bonds. The second-order valence-electron chi connectivity index (χ2n) is 5.39. The van der Waals surface area contributed by atoms with Gasteiger partial charge in [-0.15, -0.1) is 0 Å². The second-order valence-corrected chi connectivity index (χ2v) is 7.19. The molecule has 118 valence electrons. The molecule has 0 aromatic carbocycles. The first kappa shape index (κ1) is 15.9. The van der Waals surface area contributed by atoms with Gasteiger partial charge in [0.1, 0.15) is 0 Å². The van der Waals surface area contributed by atoms with Gasteiger partial charge in [0.2, 0.25) is 17.8 Å². The lowest BCUT2D eigenvalue weighted by atomic mass is 10.1. The summed E-state index contributed by atoms with van der Waals surface area (Å²) in [5.41, 5.74) is 5.77. The van der Waals surface area contributed by atoms with Crippen LogP contribution < -0.4 is 16.0 Å². The van der Waals surface area contributed by atoms with E-state index in [9.17, 15) is 4.21 Å². The Balaban J connectivity index is 1.96. The van der Waals surface area contributed by atoms with Gasteiger partial charge in [0.25, 0.3) is 0 Å². The molecule has 1 aromatic heterocycles. The Morgan fingerprint density at radius 2 is 2.00 bits per heavy atom. The summed E-state index contributed by atoms with van der Waals surface area (Å²) in [4.78, 5) is 14.9. The fourth-order valence-electron chi connectivity index (χ4n) is 2.25. The Labute approximate surface area is 128 Å². The zero-order chi connectivity index (χ0) is 15.2. The molecule has 0 spiro atoms. The number of nitrogen functional groups attached to an aromatic ring is 1. The predicted octanol–water partition coefficient (Wildman–Crippen LogP) is 1.01. The maximum absolute atomic E-state index is 11.3. The third-order valence-electron chi connectivity index (χ3n) is 3.68. The first-order chi connectivity index (χ1) is 10.1. The number of piperidine rings is 1. The Morgan fingerprint density at radius 3 is 2.67 bits per heavy atom. The van der Waals surface area contributed by atoms with Gasteiger partial charge < -0.3 is 16.0 Å². The highest BCUT2D eigenvalue weighted by Gasteiger charge is 2.15. The number of nitrogens with two attached hydrogens (primary N) is 1. The zero-order valence-corrected chi connectivity index (χ0v) is 13.5. The number of hydrogen-bond acceptors (Lipinski definition) is 7. The van der Waals surface area contributed by atoms with Crippen LogP contribution in [0.2, 0.25) is 0 Å². The predicted molar refractivity (Wildman–Crippen MR) is 86.9 cm³/mol. The summed E-state index contributed by atoms with van der Waals surface area (Å²) < 4.78 is 11.3. The van der Waals surface area contributed by atoms with Crippen molar-refractivity contribution in [3.63, 3.8) is 0 Å². The van der Waals surface area contributed by atoms with Crippen molar-refractivity contribution >= 4 is 28.6 Å². The minimum Gasteiger partial charge on any atom is -0.368 e. The van der Waals surface area contributed by atoms with Gasteiger partial charge in [-0.3, -0.25) is 4.21 Å². The highest BCUT2D eigenvalue weighted by Crippen LogP contribution is 2.17. The number of rotatable bonds is 6. The third kappa shape index (κ3) is 4.80. The maximum atomic E-state index is 11.3. The summed E-state index contributed by atoms with van der Waals surface area (Å²) in [6.45, 7) is 4.58. The lowest BCUT2D eigenvalue weighted by Gasteiger charge is -2.26. The average Bonchev–Trinajstić information content (AvgIpc) is 2.47. The summed E-state index contributed by atoms with van der Waals surface area (Å²) in [5.74, 6) is 1.38. The normalized spacial score (nSPS) is 18.3. The Bertz CT molecular complexity index is 492. The number of hydrogen-bond donors (Lipinski definition) is 2. The summed E-state index contributed by atoms with van der Waals surface area (Å²) in [7, 11) is -0.807. The molecule has 7 nitrogen and oxygen atoms in total. The largest absolute Gasteiger partial charge is 0.368 e. The fraction of sp³-hybridized carbons (Fsp3) is 0.769. The van der Waals surface area contributed by atoms with Crippen molar-refractivity contribution in [3.05, 3.63) is 0 Å². The first-order valence-corrected chi connectivity index (χ1v) is 9.01. The average molecular weight is 312 g/mol. The number of nitrogens with one attached hydrogen (secondary N) is 1.